The van der Waals surface area contributed by atoms with Gasteiger partial charge in [-0.2, -0.15) is 0 Å². The molecule has 0 unspecified atom stereocenters. The van der Waals surface area contributed by atoms with E-state index in [1.807, 2.05) is 20.0 Å². The van der Waals surface area contributed by atoms with E-state index < -0.39 is 0 Å². The van der Waals surface area contributed by atoms with E-state index in [9.17, 15) is 4.79 Å². The Morgan fingerprint density at radius 3 is 2.65 bits per heavy atom. The summed E-state index contributed by atoms with van der Waals surface area (Å²) in [5.41, 5.74) is 0.955. The van der Waals surface area contributed by atoms with E-state index in [4.69, 9.17) is 0 Å². The van der Waals surface area contributed by atoms with Crippen LogP contribution in [0.4, 0.5) is 0 Å². The first kappa shape index (κ1) is 13.7. The lowest BCUT2D eigenvalue weighted by Gasteiger charge is -2.08. The van der Waals surface area contributed by atoms with Gasteiger partial charge in [-0.1, -0.05) is 13.8 Å². The first-order valence-corrected chi connectivity index (χ1v) is 6.00. The average molecular weight is 238 g/mol. The minimum atomic E-state index is 0.0146. The summed E-state index contributed by atoms with van der Waals surface area (Å²) in [6, 6.07) is 0.609. The van der Waals surface area contributed by atoms with Crippen molar-refractivity contribution < 1.29 is 4.79 Å². The SMILES string of the molecule is CC(C)NCc1cn(CC(=O)NC(C)C)cn1. The molecule has 0 spiro atoms. The van der Waals surface area contributed by atoms with Gasteiger partial charge in [0.25, 0.3) is 0 Å². The predicted octanol–water partition coefficient (Wildman–Crippen LogP) is 0.906. The molecule has 1 amide bonds. The van der Waals surface area contributed by atoms with Gasteiger partial charge in [0.1, 0.15) is 6.54 Å². The van der Waals surface area contributed by atoms with Crippen molar-refractivity contribution in [3.63, 3.8) is 0 Å². The van der Waals surface area contributed by atoms with Crippen molar-refractivity contribution in [3.05, 3.63) is 18.2 Å². The molecule has 0 aromatic carbocycles. The summed E-state index contributed by atoms with van der Waals surface area (Å²) in [5.74, 6) is 0.0146. The van der Waals surface area contributed by atoms with Gasteiger partial charge in [0.15, 0.2) is 0 Å². The van der Waals surface area contributed by atoms with Crippen molar-refractivity contribution in [2.24, 2.45) is 0 Å². The Balaban J connectivity index is 2.42. The number of hydrogen-bond acceptors (Lipinski definition) is 3. The largest absolute Gasteiger partial charge is 0.352 e. The van der Waals surface area contributed by atoms with Crippen LogP contribution in [0.2, 0.25) is 0 Å². The molecule has 0 saturated heterocycles. The lowest BCUT2D eigenvalue weighted by molar-refractivity contribution is -0.122. The number of rotatable bonds is 6. The highest BCUT2D eigenvalue weighted by Crippen LogP contribution is 1.97. The Labute approximate surface area is 103 Å². The molecule has 0 atom stereocenters. The molecule has 0 saturated carbocycles. The van der Waals surface area contributed by atoms with Gasteiger partial charge >= 0.3 is 0 Å². The Bertz CT molecular complexity index is 357. The molecule has 0 bridgehead atoms. The summed E-state index contributed by atoms with van der Waals surface area (Å²) in [6.45, 7) is 9.14. The molecule has 96 valence electrons. The predicted molar refractivity (Wildman–Crippen MR) is 67.5 cm³/mol. The zero-order valence-electron chi connectivity index (χ0n) is 11.0. The van der Waals surface area contributed by atoms with Crippen LogP contribution in [0.3, 0.4) is 0 Å². The average Bonchev–Trinajstić information content (AvgIpc) is 2.61. The molecule has 0 fully saturated rings. The summed E-state index contributed by atoms with van der Waals surface area (Å²) >= 11 is 0. The lowest BCUT2D eigenvalue weighted by atomic mass is 10.3. The molecule has 5 heteroatoms. The maximum atomic E-state index is 11.5. The lowest BCUT2D eigenvalue weighted by Crippen LogP contribution is -2.32. The summed E-state index contributed by atoms with van der Waals surface area (Å²) < 4.78 is 1.80. The highest BCUT2D eigenvalue weighted by atomic mass is 16.2. The molecule has 0 aliphatic rings. The molecule has 17 heavy (non-hydrogen) atoms. The van der Waals surface area contributed by atoms with E-state index in [1.165, 1.54) is 0 Å². The number of aromatic nitrogens is 2. The zero-order valence-corrected chi connectivity index (χ0v) is 11.0. The highest BCUT2D eigenvalue weighted by Gasteiger charge is 2.05. The fourth-order valence-corrected chi connectivity index (χ4v) is 1.43. The molecular formula is C12H22N4O. The summed E-state index contributed by atoms with van der Waals surface area (Å²) in [5, 5.41) is 6.13. The fraction of sp³-hybridized carbons (Fsp3) is 0.667. The van der Waals surface area contributed by atoms with Gasteiger partial charge in [-0.15, -0.1) is 0 Å². The second-order valence-electron chi connectivity index (χ2n) is 4.80. The Hall–Kier alpha value is -1.36. The minimum Gasteiger partial charge on any atom is -0.352 e. The Morgan fingerprint density at radius 1 is 1.35 bits per heavy atom. The summed E-state index contributed by atoms with van der Waals surface area (Å²) in [6.07, 6.45) is 3.59. The second-order valence-corrected chi connectivity index (χ2v) is 4.80. The van der Waals surface area contributed by atoms with E-state index in [2.05, 4.69) is 29.5 Å². The van der Waals surface area contributed by atoms with Crippen LogP contribution in [-0.4, -0.2) is 27.5 Å². The normalized spacial score (nSPS) is 11.2. The van der Waals surface area contributed by atoms with Crippen LogP contribution in [0.1, 0.15) is 33.4 Å². The molecule has 0 aliphatic carbocycles. The van der Waals surface area contributed by atoms with Crippen LogP contribution < -0.4 is 10.6 Å². The first-order chi connectivity index (χ1) is 7.97. The van der Waals surface area contributed by atoms with Gasteiger partial charge in [-0.05, 0) is 13.8 Å². The monoisotopic (exact) mass is 238 g/mol. The number of nitrogens with zero attached hydrogens (tertiary/aromatic N) is 2. The molecule has 1 aromatic heterocycles. The quantitative estimate of drug-likeness (QED) is 0.774. The van der Waals surface area contributed by atoms with Gasteiger partial charge in [0.2, 0.25) is 5.91 Å². The van der Waals surface area contributed by atoms with Crippen LogP contribution in [0.5, 0.6) is 0 Å². The highest BCUT2D eigenvalue weighted by molar-refractivity contribution is 5.75. The van der Waals surface area contributed by atoms with E-state index >= 15 is 0 Å². The van der Waals surface area contributed by atoms with Gasteiger partial charge < -0.3 is 15.2 Å². The van der Waals surface area contributed by atoms with Gasteiger partial charge in [-0.3, -0.25) is 4.79 Å². The third-order valence-electron chi connectivity index (χ3n) is 2.15. The second kappa shape index (κ2) is 6.39. The standard InChI is InChI=1S/C12H22N4O/c1-9(2)13-5-11-6-16(8-14-11)7-12(17)15-10(3)4/h6,8-10,13H,5,7H2,1-4H3,(H,15,17). The van der Waals surface area contributed by atoms with Gasteiger partial charge in [0.05, 0.1) is 12.0 Å². The van der Waals surface area contributed by atoms with Crippen LogP contribution in [0.25, 0.3) is 0 Å². The molecule has 5 nitrogen and oxygen atoms in total. The van der Waals surface area contributed by atoms with Crippen LogP contribution in [0.15, 0.2) is 12.5 Å². The maximum absolute atomic E-state index is 11.5. The van der Waals surface area contributed by atoms with Crippen molar-refractivity contribution in [1.29, 1.82) is 0 Å². The molecule has 1 aromatic rings. The summed E-state index contributed by atoms with van der Waals surface area (Å²) in [4.78, 5) is 15.8. The number of nitrogens with one attached hydrogen (secondary N) is 2. The van der Waals surface area contributed by atoms with Crippen molar-refractivity contribution in [2.75, 3.05) is 0 Å². The molecule has 1 heterocycles. The number of amides is 1. The van der Waals surface area contributed by atoms with Crippen molar-refractivity contribution >= 4 is 5.91 Å². The van der Waals surface area contributed by atoms with Crippen LogP contribution >= 0.6 is 0 Å². The van der Waals surface area contributed by atoms with E-state index in [0.29, 0.717) is 12.6 Å². The maximum Gasteiger partial charge on any atom is 0.240 e. The number of imidazole rings is 1. The van der Waals surface area contributed by atoms with E-state index in [0.717, 1.165) is 12.2 Å². The Morgan fingerprint density at radius 2 is 2.06 bits per heavy atom. The van der Waals surface area contributed by atoms with Crippen molar-refractivity contribution in [3.8, 4) is 0 Å². The van der Waals surface area contributed by atoms with Crippen molar-refractivity contribution in [2.45, 2.75) is 52.9 Å². The Kier molecular flexibility index (Phi) is 5.15. The molecule has 0 aliphatic heterocycles. The van der Waals surface area contributed by atoms with Crippen LogP contribution in [0, 0.1) is 0 Å². The van der Waals surface area contributed by atoms with Gasteiger partial charge in [-0.25, -0.2) is 4.98 Å². The number of carbonyl (C=O) groups excluding carboxylic acids is 1. The first-order valence-electron chi connectivity index (χ1n) is 6.00. The van der Waals surface area contributed by atoms with Gasteiger partial charge in [0, 0.05) is 24.8 Å². The topological polar surface area (TPSA) is 59.0 Å². The number of hydrogen-bond donors (Lipinski definition) is 2. The van der Waals surface area contributed by atoms with E-state index in [-0.39, 0.29) is 11.9 Å². The van der Waals surface area contributed by atoms with Crippen molar-refractivity contribution in [1.82, 2.24) is 20.2 Å². The van der Waals surface area contributed by atoms with Crippen LogP contribution in [-0.2, 0) is 17.9 Å². The third kappa shape index (κ3) is 5.49. The summed E-state index contributed by atoms with van der Waals surface area (Å²) in [7, 11) is 0. The molecule has 0 radical (unpaired) electrons. The van der Waals surface area contributed by atoms with E-state index in [1.54, 1.807) is 10.9 Å². The minimum absolute atomic E-state index is 0.0146. The third-order valence-corrected chi connectivity index (χ3v) is 2.15. The molecule has 1 rings (SSSR count). The number of carbonyl (C=O) groups is 1. The fourth-order valence-electron chi connectivity index (χ4n) is 1.43. The smallest absolute Gasteiger partial charge is 0.240 e. The zero-order chi connectivity index (χ0) is 12.8. The molecule has 2 N–H and O–H groups in total. The molecular weight excluding hydrogens is 216 g/mol.